The molecule has 1 heterocycles. The maximum atomic E-state index is 12.5. The maximum absolute atomic E-state index is 12.5. The van der Waals surface area contributed by atoms with E-state index >= 15 is 0 Å². The van der Waals surface area contributed by atoms with Crippen LogP contribution in [-0.4, -0.2) is 43.7 Å². The lowest BCUT2D eigenvalue weighted by Gasteiger charge is -2.26. The van der Waals surface area contributed by atoms with E-state index in [0.717, 1.165) is 38.4 Å². The lowest BCUT2D eigenvalue weighted by atomic mass is 10.0. The number of hydrogen-bond acceptors (Lipinski definition) is 3. The van der Waals surface area contributed by atoms with Gasteiger partial charge in [0, 0.05) is 31.7 Å². The van der Waals surface area contributed by atoms with Crippen molar-refractivity contribution in [2.75, 3.05) is 32.8 Å². The second kappa shape index (κ2) is 8.79. The van der Waals surface area contributed by atoms with Crippen LogP contribution < -0.4 is 5.32 Å². The van der Waals surface area contributed by atoms with Gasteiger partial charge in [-0.25, -0.2) is 0 Å². The van der Waals surface area contributed by atoms with Gasteiger partial charge in [0.1, 0.15) is 0 Å². The highest BCUT2D eigenvalue weighted by atomic mass is 16.5. The van der Waals surface area contributed by atoms with Crippen LogP contribution in [0.2, 0.25) is 0 Å². The first-order chi connectivity index (χ1) is 12.2. The molecule has 1 aliphatic rings. The summed E-state index contributed by atoms with van der Waals surface area (Å²) >= 11 is 0. The molecule has 0 unspecified atom stereocenters. The van der Waals surface area contributed by atoms with Gasteiger partial charge < -0.3 is 10.1 Å². The minimum absolute atomic E-state index is 0.00777. The first-order valence-corrected chi connectivity index (χ1v) is 8.94. The molecule has 1 atom stereocenters. The molecule has 0 aromatic heterocycles. The van der Waals surface area contributed by atoms with Crippen LogP contribution in [-0.2, 0) is 11.3 Å². The number of morpholine rings is 1. The molecule has 1 fully saturated rings. The number of nitrogens with zero attached hydrogens (tertiary/aromatic N) is 1. The third kappa shape index (κ3) is 5.15. The number of ether oxygens (including phenoxy) is 1. The minimum Gasteiger partial charge on any atom is -0.379 e. The van der Waals surface area contributed by atoms with Crippen molar-refractivity contribution in [3.05, 3.63) is 71.3 Å². The zero-order chi connectivity index (χ0) is 17.5. The first kappa shape index (κ1) is 17.6. The van der Waals surface area contributed by atoms with Crippen LogP contribution in [0.4, 0.5) is 0 Å². The summed E-state index contributed by atoms with van der Waals surface area (Å²) in [5.74, 6) is 0.285. The fourth-order valence-corrected chi connectivity index (χ4v) is 3.08. The molecule has 0 bridgehead atoms. The fourth-order valence-electron chi connectivity index (χ4n) is 3.08. The monoisotopic (exact) mass is 338 g/mol. The van der Waals surface area contributed by atoms with Gasteiger partial charge >= 0.3 is 0 Å². The zero-order valence-corrected chi connectivity index (χ0v) is 14.8. The molecule has 0 saturated carbocycles. The smallest absolute Gasteiger partial charge is 0.251 e. The van der Waals surface area contributed by atoms with Crippen LogP contribution in [0.1, 0.15) is 34.3 Å². The van der Waals surface area contributed by atoms with Gasteiger partial charge in [0.25, 0.3) is 5.91 Å². The average molecular weight is 338 g/mol. The maximum Gasteiger partial charge on any atom is 0.251 e. The number of carbonyl (C=O) groups excluding carboxylic acids is 1. The van der Waals surface area contributed by atoms with Crippen LogP contribution in [0.5, 0.6) is 0 Å². The lowest BCUT2D eigenvalue weighted by molar-refractivity contribution is 0.0342. The summed E-state index contributed by atoms with van der Waals surface area (Å²) < 4.78 is 5.38. The van der Waals surface area contributed by atoms with Gasteiger partial charge in [0.2, 0.25) is 0 Å². The van der Waals surface area contributed by atoms with Gasteiger partial charge in [-0.2, -0.15) is 0 Å². The van der Waals surface area contributed by atoms with Crippen LogP contribution in [0.15, 0.2) is 54.6 Å². The zero-order valence-electron chi connectivity index (χ0n) is 14.8. The number of benzene rings is 2. The van der Waals surface area contributed by atoms with E-state index in [2.05, 4.69) is 35.3 Å². The summed E-state index contributed by atoms with van der Waals surface area (Å²) in [6.07, 6.45) is 0. The largest absolute Gasteiger partial charge is 0.379 e. The molecular weight excluding hydrogens is 312 g/mol. The second-order valence-electron chi connectivity index (χ2n) is 6.61. The van der Waals surface area contributed by atoms with Crippen LogP contribution in [0, 0.1) is 0 Å². The Morgan fingerprint density at radius 2 is 1.88 bits per heavy atom. The van der Waals surface area contributed by atoms with Crippen molar-refractivity contribution in [2.24, 2.45) is 0 Å². The van der Waals surface area contributed by atoms with Gasteiger partial charge in [-0.1, -0.05) is 49.4 Å². The highest BCUT2D eigenvalue weighted by molar-refractivity contribution is 5.94. The van der Waals surface area contributed by atoms with Crippen molar-refractivity contribution in [2.45, 2.75) is 19.4 Å². The Hall–Kier alpha value is -2.17. The highest BCUT2D eigenvalue weighted by Gasteiger charge is 2.13. The molecule has 0 aliphatic carbocycles. The van der Waals surface area contributed by atoms with Gasteiger partial charge in [-0.3, -0.25) is 9.69 Å². The van der Waals surface area contributed by atoms with E-state index in [-0.39, 0.29) is 5.91 Å². The summed E-state index contributed by atoms with van der Waals surface area (Å²) in [5, 5.41) is 3.06. The van der Waals surface area contributed by atoms with Crippen molar-refractivity contribution in [3.8, 4) is 0 Å². The van der Waals surface area contributed by atoms with E-state index in [0.29, 0.717) is 12.5 Å². The van der Waals surface area contributed by atoms with Crippen molar-refractivity contribution in [1.29, 1.82) is 0 Å². The summed E-state index contributed by atoms with van der Waals surface area (Å²) in [6, 6.07) is 18.2. The lowest BCUT2D eigenvalue weighted by Crippen LogP contribution is -2.35. The summed E-state index contributed by atoms with van der Waals surface area (Å²) in [5.41, 5.74) is 3.14. The fraction of sp³-hybridized carbons (Fsp3) is 0.381. The standard InChI is InChI=1S/C21H26N2O2/c1-17(19-7-3-2-4-8-19)15-22-21(24)20-9-5-6-18(14-20)16-23-10-12-25-13-11-23/h2-9,14,17H,10-13,15-16H2,1H3,(H,22,24)/t17-/m0/s1. The number of hydrogen-bond donors (Lipinski definition) is 1. The van der Waals surface area contributed by atoms with Gasteiger partial charge in [0.15, 0.2) is 0 Å². The van der Waals surface area contributed by atoms with E-state index in [1.807, 2.05) is 36.4 Å². The quantitative estimate of drug-likeness (QED) is 0.880. The third-order valence-electron chi connectivity index (χ3n) is 4.64. The Labute approximate surface area is 149 Å². The van der Waals surface area contributed by atoms with Gasteiger partial charge in [0.05, 0.1) is 13.2 Å². The van der Waals surface area contributed by atoms with E-state index in [9.17, 15) is 4.79 Å². The molecule has 4 nitrogen and oxygen atoms in total. The summed E-state index contributed by atoms with van der Waals surface area (Å²) in [7, 11) is 0. The van der Waals surface area contributed by atoms with Gasteiger partial charge in [-0.15, -0.1) is 0 Å². The van der Waals surface area contributed by atoms with Crippen molar-refractivity contribution in [1.82, 2.24) is 10.2 Å². The topological polar surface area (TPSA) is 41.6 Å². The molecule has 1 saturated heterocycles. The molecule has 4 heteroatoms. The van der Waals surface area contributed by atoms with E-state index in [1.165, 1.54) is 11.1 Å². The summed E-state index contributed by atoms with van der Waals surface area (Å²) in [6.45, 7) is 7.11. The van der Waals surface area contributed by atoms with E-state index < -0.39 is 0 Å². The van der Waals surface area contributed by atoms with Crippen LogP contribution >= 0.6 is 0 Å². The number of amides is 1. The van der Waals surface area contributed by atoms with Gasteiger partial charge in [-0.05, 0) is 29.2 Å². The Kier molecular flexibility index (Phi) is 6.20. The predicted molar refractivity (Wildman–Crippen MR) is 99.7 cm³/mol. The minimum atomic E-state index is -0.00777. The molecule has 1 N–H and O–H groups in total. The van der Waals surface area contributed by atoms with Crippen molar-refractivity contribution in [3.63, 3.8) is 0 Å². The second-order valence-corrected chi connectivity index (χ2v) is 6.61. The highest BCUT2D eigenvalue weighted by Crippen LogP contribution is 2.14. The Bertz CT molecular complexity index is 681. The molecular formula is C21H26N2O2. The number of rotatable bonds is 6. The molecule has 3 rings (SSSR count). The molecule has 1 amide bonds. The van der Waals surface area contributed by atoms with Crippen molar-refractivity contribution < 1.29 is 9.53 Å². The molecule has 0 radical (unpaired) electrons. The molecule has 2 aromatic carbocycles. The van der Waals surface area contributed by atoms with Crippen molar-refractivity contribution >= 4 is 5.91 Å². The first-order valence-electron chi connectivity index (χ1n) is 8.94. The Morgan fingerprint density at radius 1 is 1.12 bits per heavy atom. The summed E-state index contributed by atoms with van der Waals surface area (Å²) in [4.78, 5) is 14.8. The molecule has 2 aromatic rings. The molecule has 25 heavy (non-hydrogen) atoms. The van der Waals surface area contributed by atoms with Crippen LogP contribution in [0.3, 0.4) is 0 Å². The van der Waals surface area contributed by atoms with E-state index in [4.69, 9.17) is 4.74 Å². The average Bonchev–Trinajstić information content (AvgIpc) is 2.67. The molecule has 1 aliphatic heterocycles. The molecule has 0 spiro atoms. The molecule has 132 valence electrons. The Balaban J connectivity index is 1.55. The van der Waals surface area contributed by atoms with E-state index in [1.54, 1.807) is 0 Å². The SMILES string of the molecule is C[C@@H](CNC(=O)c1cccc(CN2CCOCC2)c1)c1ccccc1. The van der Waals surface area contributed by atoms with Crippen LogP contribution in [0.25, 0.3) is 0 Å². The number of carbonyl (C=O) groups is 1. The predicted octanol–water partition coefficient (Wildman–Crippen LogP) is 3.05. The third-order valence-corrected chi connectivity index (χ3v) is 4.64. The Morgan fingerprint density at radius 3 is 2.64 bits per heavy atom. The number of nitrogens with one attached hydrogen (secondary N) is 1. The normalized spacial score (nSPS) is 16.4.